The Morgan fingerprint density at radius 2 is 2.06 bits per heavy atom. The average molecular weight is 229 g/mol. The predicted molar refractivity (Wildman–Crippen MR) is 68.6 cm³/mol. The zero-order valence-electron chi connectivity index (χ0n) is 10.2. The summed E-state index contributed by atoms with van der Waals surface area (Å²) in [5.41, 5.74) is 1.92. The van der Waals surface area contributed by atoms with Crippen molar-refractivity contribution >= 4 is 17.5 Å². The molecule has 5 nitrogen and oxygen atoms in total. The Kier molecular flexibility index (Phi) is 3.18. The highest BCUT2D eigenvalue weighted by Gasteiger charge is 2.05. The minimum atomic E-state index is 0.576. The third-order valence-corrected chi connectivity index (χ3v) is 2.29. The molecule has 5 heteroatoms. The van der Waals surface area contributed by atoms with Crippen molar-refractivity contribution in [2.24, 2.45) is 0 Å². The molecule has 2 aromatic rings. The van der Waals surface area contributed by atoms with E-state index in [0.29, 0.717) is 5.95 Å². The molecule has 0 atom stereocenters. The fourth-order valence-electron chi connectivity index (χ4n) is 1.51. The lowest BCUT2D eigenvalue weighted by atomic mass is 10.3. The van der Waals surface area contributed by atoms with Crippen LogP contribution < -0.4 is 10.2 Å². The second-order valence-electron chi connectivity index (χ2n) is 3.96. The van der Waals surface area contributed by atoms with Crippen LogP contribution in [0.3, 0.4) is 0 Å². The van der Waals surface area contributed by atoms with Gasteiger partial charge in [-0.15, -0.1) is 0 Å². The number of anilines is 3. The standard InChI is InChI=1S/C12H15N5/c1-9-7-14-12(16-11(9)17(2)3)15-10-5-4-6-13-8-10/h4-8H,1-3H3,(H,14,15,16). The number of hydrogen-bond donors (Lipinski definition) is 1. The molecule has 2 aromatic heterocycles. The lowest BCUT2D eigenvalue weighted by Crippen LogP contribution is -2.13. The molecule has 0 saturated carbocycles. The zero-order valence-corrected chi connectivity index (χ0v) is 10.2. The Morgan fingerprint density at radius 1 is 1.24 bits per heavy atom. The van der Waals surface area contributed by atoms with Gasteiger partial charge in [0.2, 0.25) is 5.95 Å². The SMILES string of the molecule is Cc1cnc(Nc2cccnc2)nc1N(C)C. The van der Waals surface area contributed by atoms with Crippen LogP contribution in [0.15, 0.2) is 30.7 Å². The van der Waals surface area contributed by atoms with Crippen molar-refractivity contribution in [1.82, 2.24) is 15.0 Å². The quantitative estimate of drug-likeness (QED) is 0.872. The lowest BCUT2D eigenvalue weighted by Gasteiger charge is -2.15. The van der Waals surface area contributed by atoms with Gasteiger partial charge in [0.25, 0.3) is 0 Å². The van der Waals surface area contributed by atoms with Crippen LogP contribution in [0.4, 0.5) is 17.5 Å². The van der Waals surface area contributed by atoms with Gasteiger partial charge in [-0.05, 0) is 19.1 Å². The molecule has 0 aliphatic rings. The van der Waals surface area contributed by atoms with E-state index in [9.17, 15) is 0 Å². The van der Waals surface area contributed by atoms with Crippen LogP contribution in [0.2, 0.25) is 0 Å². The van der Waals surface area contributed by atoms with Crippen molar-refractivity contribution in [3.8, 4) is 0 Å². The fourth-order valence-corrected chi connectivity index (χ4v) is 1.51. The van der Waals surface area contributed by atoms with Crippen molar-refractivity contribution in [1.29, 1.82) is 0 Å². The van der Waals surface area contributed by atoms with Gasteiger partial charge in [0, 0.05) is 32.1 Å². The van der Waals surface area contributed by atoms with Gasteiger partial charge in [0.1, 0.15) is 5.82 Å². The van der Waals surface area contributed by atoms with Crippen LogP contribution in [0, 0.1) is 6.92 Å². The van der Waals surface area contributed by atoms with E-state index in [0.717, 1.165) is 17.1 Å². The maximum atomic E-state index is 4.44. The molecule has 0 saturated heterocycles. The average Bonchev–Trinajstić information content (AvgIpc) is 2.32. The Labute approximate surface area is 101 Å². The van der Waals surface area contributed by atoms with E-state index in [2.05, 4.69) is 20.3 Å². The minimum absolute atomic E-state index is 0.576. The summed E-state index contributed by atoms with van der Waals surface area (Å²) < 4.78 is 0. The summed E-state index contributed by atoms with van der Waals surface area (Å²) in [5.74, 6) is 1.48. The molecule has 0 fully saturated rings. The largest absolute Gasteiger partial charge is 0.362 e. The molecule has 17 heavy (non-hydrogen) atoms. The molecule has 0 bridgehead atoms. The Balaban J connectivity index is 2.26. The van der Waals surface area contributed by atoms with Crippen molar-refractivity contribution in [3.63, 3.8) is 0 Å². The molecular formula is C12H15N5. The highest BCUT2D eigenvalue weighted by Crippen LogP contribution is 2.17. The van der Waals surface area contributed by atoms with Gasteiger partial charge in [0.05, 0.1) is 11.9 Å². The molecule has 2 rings (SSSR count). The van der Waals surface area contributed by atoms with Crippen LogP contribution in [0.5, 0.6) is 0 Å². The van der Waals surface area contributed by atoms with E-state index < -0.39 is 0 Å². The topological polar surface area (TPSA) is 53.9 Å². The number of aryl methyl sites for hydroxylation is 1. The molecule has 0 radical (unpaired) electrons. The highest BCUT2D eigenvalue weighted by atomic mass is 15.2. The van der Waals surface area contributed by atoms with E-state index in [-0.39, 0.29) is 0 Å². The normalized spacial score (nSPS) is 10.1. The lowest BCUT2D eigenvalue weighted by molar-refractivity contribution is 1.02. The predicted octanol–water partition coefficient (Wildman–Crippen LogP) is 1.99. The summed E-state index contributed by atoms with van der Waals surface area (Å²) in [6, 6.07) is 3.79. The number of nitrogens with one attached hydrogen (secondary N) is 1. The Hall–Kier alpha value is -2.17. The number of nitrogens with zero attached hydrogens (tertiary/aromatic N) is 4. The van der Waals surface area contributed by atoms with Gasteiger partial charge in [-0.2, -0.15) is 4.98 Å². The molecule has 0 amide bonds. The molecular weight excluding hydrogens is 214 g/mol. The summed E-state index contributed by atoms with van der Waals surface area (Å²) >= 11 is 0. The van der Waals surface area contributed by atoms with Crippen molar-refractivity contribution in [2.45, 2.75) is 6.92 Å². The minimum Gasteiger partial charge on any atom is -0.362 e. The van der Waals surface area contributed by atoms with Crippen LogP contribution in [0.1, 0.15) is 5.56 Å². The third kappa shape index (κ3) is 2.69. The van der Waals surface area contributed by atoms with Crippen LogP contribution >= 0.6 is 0 Å². The van der Waals surface area contributed by atoms with E-state index in [4.69, 9.17) is 0 Å². The third-order valence-electron chi connectivity index (χ3n) is 2.29. The molecule has 88 valence electrons. The molecule has 1 N–H and O–H groups in total. The fraction of sp³-hybridized carbons (Fsp3) is 0.250. The Bertz CT molecular complexity index is 496. The van der Waals surface area contributed by atoms with E-state index in [1.807, 2.05) is 38.1 Å². The second-order valence-corrected chi connectivity index (χ2v) is 3.96. The zero-order chi connectivity index (χ0) is 12.3. The summed E-state index contributed by atoms with van der Waals surface area (Å²) in [6.45, 7) is 1.99. The summed E-state index contributed by atoms with van der Waals surface area (Å²) in [4.78, 5) is 14.7. The first-order valence-electron chi connectivity index (χ1n) is 5.35. The van der Waals surface area contributed by atoms with Crippen LogP contribution in [-0.4, -0.2) is 29.0 Å². The first kappa shape index (κ1) is 11.3. The molecule has 0 aliphatic heterocycles. The summed E-state index contributed by atoms with van der Waals surface area (Å²) in [5, 5.41) is 3.12. The maximum Gasteiger partial charge on any atom is 0.229 e. The first-order valence-corrected chi connectivity index (χ1v) is 5.35. The van der Waals surface area contributed by atoms with Gasteiger partial charge >= 0.3 is 0 Å². The van der Waals surface area contributed by atoms with Crippen LogP contribution in [0.25, 0.3) is 0 Å². The van der Waals surface area contributed by atoms with Crippen molar-refractivity contribution in [2.75, 3.05) is 24.3 Å². The Morgan fingerprint density at radius 3 is 2.71 bits per heavy atom. The number of hydrogen-bond acceptors (Lipinski definition) is 5. The molecule has 0 aromatic carbocycles. The summed E-state index contributed by atoms with van der Waals surface area (Å²) in [6.07, 6.45) is 5.27. The molecule has 0 spiro atoms. The molecule has 2 heterocycles. The van der Waals surface area contributed by atoms with Crippen molar-refractivity contribution in [3.05, 3.63) is 36.3 Å². The highest BCUT2D eigenvalue weighted by molar-refractivity contribution is 5.55. The van der Waals surface area contributed by atoms with Gasteiger partial charge in [0.15, 0.2) is 0 Å². The van der Waals surface area contributed by atoms with E-state index in [1.165, 1.54) is 0 Å². The molecule has 0 unspecified atom stereocenters. The van der Waals surface area contributed by atoms with E-state index >= 15 is 0 Å². The molecule has 0 aliphatic carbocycles. The van der Waals surface area contributed by atoms with Crippen LogP contribution in [-0.2, 0) is 0 Å². The first-order chi connectivity index (χ1) is 8.16. The van der Waals surface area contributed by atoms with Gasteiger partial charge in [-0.1, -0.05) is 0 Å². The number of rotatable bonds is 3. The number of pyridine rings is 1. The van der Waals surface area contributed by atoms with E-state index in [1.54, 1.807) is 18.6 Å². The monoisotopic (exact) mass is 229 g/mol. The summed E-state index contributed by atoms with van der Waals surface area (Å²) in [7, 11) is 3.92. The smallest absolute Gasteiger partial charge is 0.229 e. The second kappa shape index (κ2) is 4.78. The van der Waals surface area contributed by atoms with Crippen molar-refractivity contribution < 1.29 is 0 Å². The van der Waals surface area contributed by atoms with Gasteiger partial charge < -0.3 is 10.2 Å². The maximum absolute atomic E-state index is 4.44. The number of aromatic nitrogens is 3. The van der Waals surface area contributed by atoms with Gasteiger partial charge in [-0.3, -0.25) is 4.98 Å². The van der Waals surface area contributed by atoms with Gasteiger partial charge in [-0.25, -0.2) is 4.98 Å².